The topological polar surface area (TPSA) is 158 Å². The van der Waals surface area contributed by atoms with Crippen LogP contribution in [0, 0.1) is 13.8 Å². The van der Waals surface area contributed by atoms with Gasteiger partial charge in [0.15, 0.2) is 5.69 Å². The lowest BCUT2D eigenvalue weighted by Gasteiger charge is -2.24. The summed E-state index contributed by atoms with van der Waals surface area (Å²) in [5, 5.41) is 2.42. The molecule has 1 aromatic heterocycles. The van der Waals surface area contributed by atoms with Crippen LogP contribution in [-0.4, -0.2) is 47.8 Å². The van der Waals surface area contributed by atoms with Crippen LogP contribution in [0.25, 0.3) is 0 Å². The molecule has 0 unspecified atom stereocenters. The Labute approximate surface area is 177 Å². The summed E-state index contributed by atoms with van der Waals surface area (Å²) in [4.78, 5) is 49.7. The number of anilines is 2. The van der Waals surface area contributed by atoms with Crippen LogP contribution in [0.3, 0.4) is 0 Å². The van der Waals surface area contributed by atoms with Gasteiger partial charge in [-0.25, -0.2) is 0 Å². The molecule has 3 amide bonds. The molecule has 30 heavy (non-hydrogen) atoms. The molecule has 5 N–H and O–H groups in total. The standard InChI is InChI=1S/C19H23N5O5S/c1-4-29-14(26)8-22-13(25)9-24(12-6-5-10(2)7-11(12)3)19(28)17-15(20)16(18(21)27)23-30-17/h5-7H,4,8-9,20H2,1-3H3,(H2,21,27)(H,22,25). The van der Waals surface area contributed by atoms with E-state index in [-0.39, 0.29) is 36.0 Å². The highest BCUT2D eigenvalue weighted by Crippen LogP contribution is 2.28. The summed E-state index contributed by atoms with van der Waals surface area (Å²) in [5.41, 5.74) is 13.0. The third kappa shape index (κ3) is 5.32. The summed E-state index contributed by atoms with van der Waals surface area (Å²) in [6, 6.07) is 5.36. The van der Waals surface area contributed by atoms with E-state index in [2.05, 4.69) is 9.69 Å². The Kier molecular flexibility index (Phi) is 7.48. The lowest BCUT2D eigenvalue weighted by molar-refractivity contribution is -0.143. The number of rotatable bonds is 8. The first kappa shape index (κ1) is 22.8. The van der Waals surface area contributed by atoms with Gasteiger partial charge in [-0.05, 0) is 43.9 Å². The number of amides is 3. The Hall–Kier alpha value is -3.47. The van der Waals surface area contributed by atoms with Crippen molar-refractivity contribution in [3.63, 3.8) is 0 Å². The maximum atomic E-state index is 13.2. The smallest absolute Gasteiger partial charge is 0.325 e. The predicted molar refractivity (Wildman–Crippen MR) is 112 cm³/mol. The number of nitrogens with two attached hydrogens (primary N) is 2. The van der Waals surface area contributed by atoms with E-state index in [0.29, 0.717) is 5.69 Å². The summed E-state index contributed by atoms with van der Waals surface area (Å²) < 4.78 is 8.61. The van der Waals surface area contributed by atoms with Crippen LogP contribution in [0.15, 0.2) is 18.2 Å². The van der Waals surface area contributed by atoms with Crippen LogP contribution in [0.1, 0.15) is 38.2 Å². The number of ether oxygens (including phenoxy) is 1. The fraction of sp³-hybridized carbons (Fsp3) is 0.316. The van der Waals surface area contributed by atoms with Crippen molar-refractivity contribution in [2.75, 3.05) is 30.3 Å². The normalized spacial score (nSPS) is 10.4. The van der Waals surface area contributed by atoms with Gasteiger partial charge in [0.05, 0.1) is 12.3 Å². The van der Waals surface area contributed by atoms with E-state index in [9.17, 15) is 19.2 Å². The lowest BCUT2D eigenvalue weighted by atomic mass is 10.1. The van der Waals surface area contributed by atoms with E-state index in [1.165, 1.54) is 4.90 Å². The minimum atomic E-state index is -0.854. The quantitative estimate of drug-likeness (QED) is 0.519. The van der Waals surface area contributed by atoms with Gasteiger partial charge in [0, 0.05) is 5.69 Å². The first-order chi connectivity index (χ1) is 14.1. The zero-order chi connectivity index (χ0) is 22.4. The summed E-state index contributed by atoms with van der Waals surface area (Å²) >= 11 is 0.724. The monoisotopic (exact) mass is 433 g/mol. The molecule has 10 nitrogen and oxygen atoms in total. The van der Waals surface area contributed by atoms with Crippen molar-refractivity contribution in [3.05, 3.63) is 39.9 Å². The number of aryl methyl sites for hydroxylation is 2. The Bertz CT molecular complexity index is 988. The second-order valence-corrected chi connectivity index (χ2v) is 7.17. The van der Waals surface area contributed by atoms with Gasteiger partial charge >= 0.3 is 5.97 Å². The van der Waals surface area contributed by atoms with Crippen molar-refractivity contribution in [2.45, 2.75) is 20.8 Å². The number of hydrogen-bond acceptors (Lipinski definition) is 8. The van der Waals surface area contributed by atoms with Crippen LogP contribution >= 0.6 is 11.5 Å². The number of carbonyl (C=O) groups is 4. The van der Waals surface area contributed by atoms with Crippen molar-refractivity contribution in [1.82, 2.24) is 9.69 Å². The molecule has 11 heteroatoms. The highest BCUT2D eigenvalue weighted by Gasteiger charge is 2.28. The molecule has 0 saturated carbocycles. The third-order valence-corrected chi connectivity index (χ3v) is 4.93. The predicted octanol–water partition coefficient (Wildman–Crippen LogP) is 0.767. The second-order valence-electron chi connectivity index (χ2n) is 6.40. The van der Waals surface area contributed by atoms with Crippen molar-refractivity contribution in [3.8, 4) is 0 Å². The van der Waals surface area contributed by atoms with Crippen LogP contribution in [0.4, 0.5) is 11.4 Å². The summed E-state index contributed by atoms with van der Waals surface area (Å²) in [7, 11) is 0. The average Bonchev–Trinajstić information content (AvgIpc) is 3.06. The zero-order valence-corrected chi connectivity index (χ0v) is 17.7. The fourth-order valence-electron chi connectivity index (χ4n) is 2.71. The molecule has 0 spiro atoms. The fourth-order valence-corrected chi connectivity index (χ4v) is 3.46. The van der Waals surface area contributed by atoms with E-state index in [4.69, 9.17) is 16.2 Å². The zero-order valence-electron chi connectivity index (χ0n) is 16.9. The number of nitrogens with zero attached hydrogens (tertiary/aromatic N) is 2. The Morgan fingerprint density at radius 1 is 1.23 bits per heavy atom. The van der Waals surface area contributed by atoms with E-state index < -0.39 is 23.7 Å². The highest BCUT2D eigenvalue weighted by molar-refractivity contribution is 7.09. The Morgan fingerprint density at radius 3 is 2.50 bits per heavy atom. The van der Waals surface area contributed by atoms with Gasteiger partial charge in [-0.1, -0.05) is 17.7 Å². The number of benzene rings is 1. The molecule has 2 rings (SSSR count). The molecule has 2 aromatic rings. The average molecular weight is 433 g/mol. The molecule has 0 aliphatic heterocycles. The van der Waals surface area contributed by atoms with Crippen LogP contribution < -0.4 is 21.7 Å². The number of primary amides is 1. The number of nitrogen functional groups attached to an aromatic ring is 1. The molecule has 0 bridgehead atoms. The molecule has 0 radical (unpaired) electrons. The van der Waals surface area contributed by atoms with Gasteiger partial charge in [-0.2, -0.15) is 4.37 Å². The van der Waals surface area contributed by atoms with Gasteiger partial charge in [0.2, 0.25) is 5.91 Å². The van der Waals surface area contributed by atoms with E-state index >= 15 is 0 Å². The van der Waals surface area contributed by atoms with Gasteiger partial charge in [-0.3, -0.25) is 24.1 Å². The molecule has 160 valence electrons. The number of nitrogens with one attached hydrogen (secondary N) is 1. The van der Waals surface area contributed by atoms with Crippen LogP contribution in [0.2, 0.25) is 0 Å². The minimum Gasteiger partial charge on any atom is -0.465 e. The first-order valence-corrected chi connectivity index (χ1v) is 9.79. The van der Waals surface area contributed by atoms with Gasteiger partial charge < -0.3 is 21.5 Å². The maximum Gasteiger partial charge on any atom is 0.325 e. The number of aromatic nitrogens is 1. The Balaban J connectivity index is 2.34. The van der Waals surface area contributed by atoms with Crippen LogP contribution in [0.5, 0.6) is 0 Å². The Morgan fingerprint density at radius 2 is 1.93 bits per heavy atom. The van der Waals surface area contributed by atoms with E-state index in [1.807, 2.05) is 13.0 Å². The molecule has 0 atom stereocenters. The summed E-state index contributed by atoms with van der Waals surface area (Å²) in [5.74, 6) is -2.63. The summed E-state index contributed by atoms with van der Waals surface area (Å²) in [6.45, 7) is 4.83. The molecule has 0 aliphatic rings. The van der Waals surface area contributed by atoms with Crippen molar-refractivity contribution >= 4 is 46.6 Å². The number of esters is 1. The van der Waals surface area contributed by atoms with E-state index in [1.54, 1.807) is 26.0 Å². The molecule has 1 aromatic carbocycles. The lowest BCUT2D eigenvalue weighted by Crippen LogP contribution is -2.42. The van der Waals surface area contributed by atoms with Gasteiger partial charge in [0.1, 0.15) is 18.0 Å². The van der Waals surface area contributed by atoms with E-state index in [0.717, 1.165) is 22.7 Å². The van der Waals surface area contributed by atoms with Crippen molar-refractivity contribution < 1.29 is 23.9 Å². The maximum absolute atomic E-state index is 13.2. The molecule has 0 saturated heterocycles. The molecule has 0 aliphatic carbocycles. The van der Waals surface area contributed by atoms with Crippen molar-refractivity contribution in [2.24, 2.45) is 5.73 Å². The largest absolute Gasteiger partial charge is 0.465 e. The van der Waals surface area contributed by atoms with Crippen LogP contribution in [-0.2, 0) is 14.3 Å². The molecular formula is C19H23N5O5S. The molecular weight excluding hydrogens is 410 g/mol. The minimum absolute atomic E-state index is 0.0121. The number of carbonyl (C=O) groups excluding carboxylic acids is 4. The highest BCUT2D eigenvalue weighted by atomic mass is 32.1. The molecule has 0 fully saturated rings. The first-order valence-electron chi connectivity index (χ1n) is 9.02. The SMILES string of the molecule is CCOC(=O)CNC(=O)CN(C(=O)c1snc(C(N)=O)c1N)c1ccc(C)cc1C. The molecule has 1 heterocycles. The second kappa shape index (κ2) is 9.83. The summed E-state index contributed by atoms with van der Waals surface area (Å²) in [6.07, 6.45) is 0. The third-order valence-electron chi connectivity index (χ3n) is 4.08. The van der Waals surface area contributed by atoms with Gasteiger partial charge in [0.25, 0.3) is 11.8 Å². The van der Waals surface area contributed by atoms with Gasteiger partial charge in [-0.15, -0.1) is 0 Å². The number of hydrogen-bond donors (Lipinski definition) is 3. The van der Waals surface area contributed by atoms with Crippen molar-refractivity contribution in [1.29, 1.82) is 0 Å².